The minimum absolute atomic E-state index is 0.342. The predicted molar refractivity (Wildman–Crippen MR) is 120 cm³/mol. The Morgan fingerprint density at radius 1 is 1.00 bits per heavy atom. The molecular weight excluding hydrogens is 425 g/mol. The number of aromatic nitrogens is 1. The molecule has 0 aliphatic rings. The molecule has 1 aromatic heterocycles. The molecule has 0 spiro atoms. The lowest BCUT2D eigenvalue weighted by atomic mass is 10.1. The third-order valence-corrected chi connectivity index (χ3v) is 5.38. The Bertz CT molecular complexity index is 1040. The number of pyridine rings is 1. The van der Waals surface area contributed by atoms with Gasteiger partial charge in [0.15, 0.2) is 0 Å². The van der Waals surface area contributed by atoms with E-state index in [1.807, 2.05) is 6.07 Å². The van der Waals surface area contributed by atoms with Crippen LogP contribution in [0.5, 0.6) is 0 Å². The number of anilines is 2. The van der Waals surface area contributed by atoms with Crippen LogP contribution in [0.2, 0.25) is 0 Å². The number of hydrogen-bond donors (Lipinski definition) is 3. The molecule has 1 unspecified atom stereocenters. The minimum Gasteiger partial charge on any atom is -0.336 e. The van der Waals surface area contributed by atoms with Gasteiger partial charge >= 0.3 is 12.2 Å². The molecule has 0 radical (unpaired) electrons. The molecule has 2 aromatic carbocycles. The van der Waals surface area contributed by atoms with Gasteiger partial charge in [-0.15, -0.1) is 0 Å². The molecule has 5 nitrogen and oxygen atoms in total. The van der Waals surface area contributed by atoms with Gasteiger partial charge in [-0.2, -0.15) is 13.2 Å². The van der Waals surface area contributed by atoms with Crippen LogP contribution in [0, 0.1) is 0 Å². The molecule has 3 aromatic rings. The normalized spacial score (nSPS) is 12.1. The summed E-state index contributed by atoms with van der Waals surface area (Å²) in [7, 11) is -0.622. The molecule has 3 rings (SSSR count). The van der Waals surface area contributed by atoms with Crippen LogP contribution in [-0.4, -0.2) is 16.9 Å². The number of rotatable bonds is 7. The van der Waals surface area contributed by atoms with Crippen LogP contribution < -0.4 is 15.4 Å². The third kappa shape index (κ3) is 7.14. The second-order valence-corrected chi connectivity index (χ2v) is 8.16. The topological polar surface area (TPSA) is 66.0 Å². The first-order valence-electron chi connectivity index (χ1n) is 9.27. The van der Waals surface area contributed by atoms with Crippen LogP contribution >= 0.6 is 10.7 Å². The lowest BCUT2D eigenvalue weighted by Crippen LogP contribution is -2.28. The molecule has 162 valence electrons. The molecule has 0 bridgehead atoms. The number of carbonyl (C=O) groups excluding carboxylic acids is 1. The average Bonchev–Trinajstić information content (AvgIpc) is 2.74. The summed E-state index contributed by atoms with van der Waals surface area (Å²) in [6, 6.07) is 15.6. The molecule has 0 aliphatic carbocycles. The van der Waals surface area contributed by atoms with Gasteiger partial charge in [0, 0.05) is 36.1 Å². The Hall–Kier alpha value is -3.33. The van der Waals surface area contributed by atoms with Crippen LogP contribution in [0.25, 0.3) is 0 Å². The van der Waals surface area contributed by atoms with Gasteiger partial charge in [0.1, 0.15) is 0 Å². The fourth-order valence-electron chi connectivity index (χ4n) is 2.72. The minimum atomic E-state index is -4.36. The monoisotopic (exact) mass is 446 g/mol. The van der Waals surface area contributed by atoms with Crippen molar-refractivity contribution in [3.8, 4) is 0 Å². The zero-order valence-corrected chi connectivity index (χ0v) is 17.3. The largest absolute Gasteiger partial charge is 0.416 e. The van der Waals surface area contributed by atoms with Gasteiger partial charge in [-0.1, -0.05) is 40.8 Å². The smallest absolute Gasteiger partial charge is 0.336 e. The van der Waals surface area contributed by atoms with Crippen molar-refractivity contribution in [2.24, 2.45) is 0 Å². The van der Waals surface area contributed by atoms with Crippen molar-refractivity contribution in [2.45, 2.75) is 18.5 Å². The Labute approximate surface area is 180 Å². The summed E-state index contributed by atoms with van der Waals surface area (Å²) in [6.07, 6.45) is -1.03. The number of alkyl halides is 3. The van der Waals surface area contributed by atoms with Crippen LogP contribution in [0.15, 0.2) is 73.1 Å². The van der Waals surface area contributed by atoms with Crippen molar-refractivity contribution >= 4 is 33.9 Å². The van der Waals surface area contributed by atoms with Crippen LogP contribution in [0.1, 0.15) is 16.7 Å². The maximum absolute atomic E-state index is 12.8. The second kappa shape index (κ2) is 10.1. The van der Waals surface area contributed by atoms with Crippen molar-refractivity contribution in [1.82, 2.24) is 10.3 Å². The maximum Gasteiger partial charge on any atom is 0.416 e. The first-order valence-corrected chi connectivity index (χ1v) is 10.8. The maximum atomic E-state index is 12.8. The highest BCUT2D eigenvalue weighted by atomic mass is 32.2. The van der Waals surface area contributed by atoms with Gasteiger partial charge in [-0.05, 0) is 47.5 Å². The standard InChI is InChI=1S/C22H21F3N4OS/c1-31(15-16-4-2-6-18(12-16)22(23,24)25)29-20-9-7-19(8-10-20)28-21(30)27-14-17-5-3-11-26-13-17/h2-13,29H,1,14-15H2,(H2,27,28,30). The van der Waals surface area contributed by atoms with E-state index in [4.69, 9.17) is 0 Å². The van der Waals surface area contributed by atoms with Gasteiger partial charge in [0.25, 0.3) is 0 Å². The van der Waals surface area contributed by atoms with Crippen molar-refractivity contribution in [3.63, 3.8) is 0 Å². The lowest BCUT2D eigenvalue weighted by Gasteiger charge is -2.14. The Morgan fingerprint density at radius 2 is 1.71 bits per heavy atom. The highest BCUT2D eigenvalue weighted by Crippen LogP contribution is 2.31. The molecule has 0 saturated carbocycles. The number of amides is 2. The molecule has 0 aliphatic heterocycles. The van der Waals surface area contributed by atoms with E-state index in [0.717, 1.165) is 23.4 Å². The summed E-state index contributed by atoms with van der Waals surface area (Å²) in [5.74, 6) is 4.36. The van der Waals surface area contributed by atoms with Gasteiger partial charge in [-0.3, -0.25) is 4.98 Å². The van der Waals surface area contributed by atoms with Gasteiger partial charge in [-0.25, -0.2) is 4.79 Å². The first-order chi connectivity index (χ1) is 14.8. The number of hydrogen-bond acceptors (Lipinski definition) is 3. The summed E-state index contributed by atoms with van der Waals surface area (Å²) in [5.41, 5.74) is 2.14. The van der Waals surface area contributed by atoms with E-state index >= 15 is 0 Å². The van der Waals surface area contributed by atoms with Crippen LogP contribution in [-0.2, 0) is 18.5 Å². The molecule has 9 heteroatoms. The predicted octanol–water partition coefficient (Wildman–Crippen LogP) is 5.65. The van der Waals surface area contributed by atoms with Crippen molar-refractivity contribution in [3.05, 3.63) is 89.7 Å². The van der Waals surface area contributed by atoms with Crippen molar-refractivity contribution in [2.75, 3.05) is 10.0 Å². The summed E-state index contributed by atoms with van der Waals surface area (Å²) in [4.78, 5) is 16.0. The molecule has 0 fully saturated rings. The second-order valence-electron chi connectivity index (χ2n) is 6.68. The molecule has 0 saturated heterocycles. The molecule has 1 heterocycles. The molecule has 31 heavy (non-hydrogen) atoms. The highest BCUT2D eigenvalue weighted by molar-refractivity contribution is 8.14. The fraction of sp³-hybridized carbons (Fsp3) is 0.136. The SMILES string of the molecule is C=S(Cc1cccc(C(F)(F)F)c1)Nc1ccc(NC(=O)NCc2cccnc2)cc1. The summed E-state index contributed by atoms with van der Waals surface area (Å²) >= 11 is 0. The van der Waals surface area contributed by atoms with Crippen LogP contribution in [0.4, 0.5) is 29.3 Å². The number of benzene rings is 2. The third-order valence-electron chi connectivity index (χ3n) is 4.18. The van der Waals surface area contributed by atoms with E-state index in [0.29, 0.717) is 23.5 Å². The zero-order chi connectivity index (χ0) is 22.3. The number of nitrogens with one attached hydrogen (secondary N) is 3. The molecule has 3 N–H and O–H groups in total. The van der Waals surface area contributed by atoms with Gasteiger partial charge in [0.2, 0.25) is 0 Å². The van der Waals surface area contributed by atoms with Crippen molar-refractivity contribution in [1.29, 1.82) is 0 Å². The highest BCUT2D eigenvalue weighted by Gasteiger charge is 2.30. The summed E-state index contributed by atoms with van der Waals surface area (Å²) in [5, 5.41) is 5.48. The van der Waals surface area contributed by atoms with E-state index in [1.54, 1.807) is 48.8 Å². The van der Waals surface area contributed by atoms with Crippen LogP contribution in [0.3, 0.4) is 0 Å². The molecule has 2 amide bonds. The Morgan fingerprint density at radius 3 is 2.39 bits per heavy atom. The Balaban J connectivity index is 1.49. The Kier molecular flexibility index (Phi) is 7.30. The van der Waals surface area contributed by atoms with Crippen molar-refractivity contribution < 1.29 is 18.0 Å². The van der Waals surface area contributed by atoms with E-state index in [-0.39, 0.29) is 6.03 Å². The summed E-state index contributed by atoms with van der Waals surface area (Å²) in [6.45, 7) is 0.360. The van der Waals surface area contributed by atoms with Gasteiger partial charge in [0.05, 0.1) is 5.56 Å². The summed E-state index contributed by atoms with van der Waals surface area (Å²) < 4.78 is 41.7. The number of halogens is 3. The van der Waals surface area contributed by atoms with E-state index in [1.165, 1.54) is 6.07 Å². The fourth-order valence-corrected chi connectivity index (χ4v) is 3.85. The number of nitrogens with zero attached hydrogens (tertiary/aromatic N) is 1. The van der Waals surface area contributed by atoms with E-state index < -0.39 is 22.4 Å². The quantitative estimate of drug-likeness (QED) is 0.411. The number of urea groups is 1. The lowest BCUT2D eigenvalue weighted by molar-refractivity contribution is -0.137. The van der Waals surface area contributed by atoms with Gasteiger partial charge < -0.3 is 15.4 Å². The zero-order valence-electron chi connectivity index (χ0n) is 16.4. The number of carbonyl (C=O) groups is 1. The average molecular weight is 446 g/mol. The van der Waals surface area contributed by atoms with E-state index in [2.05, 4.69) is 26.2 Å². The molecule has 1 atom stereocenters. The molecular formula is C22H21F3N4OS. The first kappa shape index (κ1) is 22.4. The van der Waals surface area contributed by atoms with E-state index in [9.17, 15) is 18.0 Å².